The van der Waals surface area contributed by atoms with E-state index in [-0.39, 0.29) is 23.4 Å². The lowest BCUT2D eigenvalue weighted by molar-refractivity contribution is -0.113. The van der Waals surface area contributed by atoms with Crippen LogP contribution in [0.15, 0.2) is 87.8 Å². The molecule has 5 rings (SSSR count). The van der Waals surface area contributed by atoms with Crippen molar-refractivity contribution in [3.8, 4) is 17.2 Å². The second-order valence-electron chi connectivity index (χ2n) is 7.80. The Labute approximate surface area is 200 Å². The number of hydrazone groups is 1. The molecule has 2 heterocycles. The van der Waals surface area contributed by atoms with Crippen molar-refractivity contribution in [1.29, 1.82) is 0 Å². The summed E-state index contributed by atoms with van der Waals surface area (Å²) in [6.07, 6.45) is 2.27. The molecule has 170 valence electrons. The number of phenols is 2. The fourth-order valence-corrected chi connectivity index (χ4v) is 4.79. The Hall–Kier alpha value is -4.04. The zero-order valence-corrected chi connectivity index (χ0v) is 19.1. The number of hydrogen-bond donors (Lipinski definition) is 2. The number of aliphatic imine (C=N–C) groups is 1. The summed E-state index contributed by atoms with van der Waals surface area (Å²) in [5.74, 6) is 0.727. The molecule has 7 nitrogen and oxygen atoms in total. The molecular formula is C26H21N3O4S. The van der Waals surface area contributed by atoms with Crippen LogP contribution in [0.2, 0.25) is 0 Å². The minimum absolute atomic E-state index is 0.160. The third kappa shape index (κ3) is 4.27. The predicted octanol–water partition coefficient (Wildman–Crippen LogP) is 4.93. The largest absolute Gasteiger partial charge is 0.508 e. The Morgan fingerprint density at radius 1 is 1.03 bits per heavy atom. The van der Waals surface area contributed by atoms with Crippen LogP contribution in [-0.4, -0.2) is 39.1 Å². The van der Waals surface area contributed by atoms with Gasteiger partial charge in [0.2, 0.25) is 0 Å². The van der Waals surface area contributed by atoms with Crippen LogP contribution >= 0.6 is 11.8 Å². The van der Waals surface area contributed by atoms with E-state index in [1.807, 2.05) is 36.4 Å². The summed E-state index contributed by atoms with van der Waals surface area (Å²) < 4.78 is 5.26. The van der Waals surface area contributed by atoms with Crippen LogP contribution < -0.4 is 4.74 Å². The fraction of sp³-hybridized carbons (Fsp3) is 0.115. The smallest absolute Gasteiger partial charge is 0.286 e. The first-order valence-corrected chi connectivity index (χ1v) is 11.4. The Morgan fingerprint density at radius 2 is 1.76 bits per heavy atom. The molecule has 0 bridgehead atoms. The lowest BCUT2D eigenvalue weighted by Crippen LogP contribution is -2.23. The average Bonchev–Trinajstić information content (AvgIpc) is 3.45. The van der Waals surface area contributed by atoms with Gasteiger partial charge in [-0.15, -0.1) is 0 Å². The highest BCUT2D eigenvalue weighted by Gasteiger charge is 2.37. The van der Waals surface area contributed by atoms with Crippen LogP contribution in [0.5, 0.6) is 17.2 Å². The van der Waals surface area contributed by atoms with Crippen LogP contribution in [0.1, 0.15) is 29.2 Å². The Balaban J connectivity index is 1.48. The Kier molecular flexibility index (Phi) is 5.81. The van der Waals surface area contributed by atoms with E-state index in [1.165, 1.54) is 11.8 Å². The number of carbonyl (C=O) groups is 1. The van der Waals surface area contributed by atoms with Crippen LogP contribution in [-0.2, 0) is 4.79 Å². The number of methoxy groups -OCH3 is 1. The highest BCUT2D eigenvalue weighted by Crippen LogP contribution is 2.41. The third-order valence-electron chi connectivity index (χ3n) is 5.63. The van der Waals surface area contributed by atoms with E-state index >= 15 is 0 Å². The van der Waals surface area contributed by atoms with E-state index in [9.17, 15) is 15.0 Å². The van der Waals surface area contributed by atoms with E-state index in [0.717, 1.165) is 22.6 Å². The highest BCUT2D eigenvalue weighted by molar-refractivity contribution is 8.18. The van der Waals surface area contributed by atoms with Gasteiger partial charge in [0.25, 0.3) is 5.91 Å². The van der Waals surface area contributed by atoms with Gasteiger partial charge in [-0.1, -0.05) is 30.3 Å². The van der Waals surface area contributed by atoms with E-state index in [0.29, 0.717) is 22.1 Å². The molecule has 0 saturated heterocycles. The van der Waals surface area contributed by atoms with Crippen LogP contribution in [0.25, 0.3) is 6.08 Å². The molecule has 34 heavy (non-hydrogen) atoms. The number of phenolic OH excluding ortho intramolecular Hbond substituents is 2. The first kappa shape index (κ1) is 21.8. The summed E-state index contributed by atoms with van der Waals surface area (Å²) in [5.41, 5.74) is 3.24. The summed E-state index contributed by atoms with van der Waals surface area (Å²) >= 11 is 1.24. The molecule has 0 spiro atoms. The highest BCUT2D eigenvalue weighted by atomic mass is 32.2. The van der Waals surface area contributed by atoms with Gasteiger partial charge in [-0.3, -0.25) is 4.79 Å². The fourth-order valence-electron chi connectivity index (χ4n) is 3.87. The van der Waals surface area contributed by atoms with Crippen molar-refractivity contribution in [3.63, 3.8) is 0 Å². The van der Waals surface area contributed by atoms with E-state index in [2.05, 4.69) is 4.99 Å². The first-order chi connectivity index (χ1) is 16.5. The minimum Gasteiger partial charge on any atom is -0.508 e. The van der Waals surface area contributed by atoms with Crippen molar-refractivity contribution in [2.24, 2.45) is 10.1 Å². The van der Waals surface area contributed by atoms with Crippen LogP contribution in [0.4, 0.5) is 0 Å². The number of hydrogen-bond acceptors (Lipinski definition) is 7. The van der Waals surface area contributed by atoms with Gasteiger partial charge in [0.05, 0.1) is 23.8 Å². The van der Waals surface area contributed by atoms with Crippen molar-refractivity contribution < 1.29 is 19.7 Å². The maximum Gasteiger partial charge on any atom is 0.286 e. The van der Waals surface area contributed by atoms with Gasteiger partial charge in [0, 0.05) is 12.0 Å². The number of carbonyl (C=O) groups excluding carboxylic acids is 1. The van der Waals surface area contributed by atoms with Crippen LogP contribution in [0, 0.1) is 0 Å². The summed E-state index contributed by atoms with van der Waals surface area (Å²) in [6.45, 7) is 0. The second-order valence-corrected chi connectivity index (χ2v) is 8.81. The average molecular weight is 472 g/mol. The number of aromatic hydroxyl groups is 2. The zero-order valence-electron chi connectivity index (χ0n) is 18.3. The Bertz CT molecular complexity index is 1330. The third-order valence-corrected chi connectivity index (χ3v) is 6.60. The van der Waals surface area contributed by atoms with Gasteiger partial charge in [0.1, 0.15) is 17.2 Å². The molecule has 3 aromatic rings. The lowest BCUT2D eigenvalue weighted by Gasteiger charge is -2.23. The van der Waals surface area contributed by atoms with Gasteiger partial charge in [-0.25, -0.2) is 5.01 Å². The summed E-state index contributed by atoms with van der Waals surface area (Å²) in [7, 11) is 1.62. The van der Waals surface area contributed by atoms with Gasteiger partial charge in [-0.05, 0) is 71.4 Å². The molecule has 1 unspecified atom stereocenters. The molecule has 0 radical (unpaired) electrons. The molecule has 0 aromatic heterocycles. The van der Waals surface area contributed by atoms with E-state index in [4.69, 9.17) is 9.84 Å². The molecule has 0 aliphatic carbocycles. The normalized spacial score (nSPS) is 18.9. The number of para-hydroxylation sites is 1. The number of amidine groups is 1. The lowest BCUT2D eigenvalue weighted by atomic mass is 9.98. The molecule has 3 aromatic carbocycles. The van der Waals surface area contributed by atoms with Gasteiger partial charge in [-0.2, -0.15) is 10.1 Å². The molecule has 1 amide bonds. The SMILES string of the molecule is COc1ccc(C2=NN(C3=NC(=O)/C(=C/c4ccc(O)cc4)S3)C(c3ccccc3O)C2)cc1. The maximum atomic E-state index is 12.7. The zero-order chi connectivity index (χ0) is 23.7. The molecule has 2 N–H and O–H groups in total. The first-order valence-electron chi connectivity index (χ1n) is 10.6. The van der Waals surface area contributed by atoms with Crippen molar-refractivity contribution in [3.05, 3.63) is 94.4 Å². The van der Waals surface area contributed by atoms with Crippen molar-refractivity contribution in [2.45, 2.75) is 12.5 Å². The summed E-state index contributed by atoms with van der Waals surface area (Å²) in [6, 6.07) is 21.0. The van der Waals surface area contributed by atoms with Crippen molar-refractivity contribution in [1.82, 2.24) is 5.01 Å². The minimum atomic E-state index is -0.350. The number of ether oxygens (including phenoxy) is 1. The maximum absolute atomic E-state index is 12.7. The predicted molar refractivity (Wildman–Crippen MR) is 133 cm³/mol. The standard InChI is InChI=1S/C26H21N3O4S/c1-33-19-12-8-17(9-13-19)21-15-22(20-4-2-3-5-23(20)31)29(28-21)26-27-25(32)24(34-26)14-16-6-10-18(30)11-7-16/h2-14,22,30-31H,15H2,1H3/b24-14-. The molecule has 0 fully saturated rings. The number of amides is 1. The molecule has 2 aliphatic rings. The van der Waals surface area contributed by atoms with Crippen molar-refractivity contribution in [2.75, 3.05) is 7.11 Å². The topological polar surface area (TPSA) is 94.7 Å². The van der Waals surface area contributed by atoms with E-state index < -0.39 is 0 Å². The summed E-state index contributed by atoms with van der Waals surface area (Å²) in [4.78, 5) is 17.4. The van der Waals surface area contributed by atoms with E-state index in [1.54, 1.807) is 54.6 Å². The van der Waals surface area contributed by atoms with Gasteiger partial charge < -0.3 is 14.9 Å². The number of rotatable bonds is 4. The molecule has 1 atom stereocenters. The summed E-state index contributed by atoms with van der Waals surface area (Å²) in [5, 5.41) is 27.0. The van der Waals surface area contributed by atoms with Crippen molar-refractivity contribution >= 4 is 34.6 Å². The van der Waals surface area contributed by atoms with Gasteiger partial charge >= 0.3 is 0 Å². The number of benzene rings is 3. The number of nitrogens with zero attached hydrogens (tertiary/aromatic N) is 3. The monoisotopic (exact) mass is 471 g/mol. The quantitative estimate of drug-likeness (QED) is 0.524. The number of thioether (sulfide) groups is 1. The Morgan fingerprint density at radius 3 is 2.47 bits per heavy atom. The second kappa shape index (κ2) is 9.07. The molecule has 0 saturated carbocycles. The molecule has 8 heteroatoms. The molecular weight excluding hydrogens is 450 g/mol. The van der Waals surface area contributed by atoms with Crippen LogP contribution in [0.3, 0.4) is 0 Å². The molecule has 2 aliphatic heterocycles. The van der Waals surface area contributed by atoms with Gasteiger partial charge in [0.15, 0.2) is 5.17 Å².